The van der Waals surface area contributed by atoms with Gasteiger partial charge in [-0.1, -0.05) is 24.3 Å². The molecule has 3 rings (SSSR count). The van der Waals surface area contributed by atoms with Crippen LogP contribution in [0.25, 0.3) is 0 Å². The summed E-state index contributed by atoms with van der Waals surface area (Å²) in [7, 11) is 0. The Balaban J connectivity index is 1.73. The molecular weight excluding hydrogens is 324 g/mol. The molecule has 0 bridgehead atoms. The Hall–Kier alpha value is -3.21. The maximum absolute atomic E-state index is 12.4. The Morgan fingerprint density at radius 2 is 1.35 bits per heavy atom. The number of aryl methyl sites for hydroxylation is 4. The molecule has 5 nitrogen and oxygen atoms in total. The number of hydrogen-bond donors (Lipinski definition) is 2. The summed E-state index contributed by atoms with van der Waals surface area (Å²) in [5.74, 6) is 0.235. The van der Waals surface area contributed by atoms with Crippen molar-refractivity contribution in [2.24, 2.45) is 0 Å². The normalized spacial score (nSPS) is 10.5. The van der Waals surface area contributed by atoms with Crippen LogP contribution in [0.15, 0.2) is 48.8 Å². The number of aromatic nitrogens is 2. The Morgan fingerprint density at radius 1 is 0.808 bits per heavy atom. The highest BCUT2D eigenvalue weighted by Crippen LogP contribution is 2.20. The summed E-state index contributed by atoms with van der Waals surface area (Å²) >= 11 is 0. The maximum atomic E-state index is 12.4. The van der Waals surface area contributed by atoms with E-state index in [9.17, 15) is 4.79 Å². The first-order valence-corrected chi connectivity index (χ1v) is 8.47. The quantitative estimate of drug-likeness (QED) is 0.718. The van der Waals surface area contributed by atoms with Crippen molar-refractivity contribution >= 4 is 23.2 Å². The summed E-state index contributed by atoms with van der Waals surface area (Å²) in [6.45, 7) is 8.01. The Kier molecular flexibility index (Phi) is 4.98. The van der Waals surface area contributed by atoms with Crippen molar-refractivity contribution in [2.45, 2.75) is 27.7 Å². The van der Waals surface area contributed by atoms with Crippen molar-refractivity contribution in [3.63, 3.8) is 0 Å². The van der Waals surface area contributed by atoms with Gasteiger partial charge in [0, 0.05) is 23.8 Å². The minimum atomic E-state index is -0.225. The van der Waals surface area contributed by atoms with Crippen molar-refractivity contribution < 1.29 is 4.79 Å². The van der Waals surface area contributed by atoms with Gasteiger partial charge in [0.15, 0.2) is 0 Å². The van der Waals surface area contributed by atoms with E-state index in [0.29, 0.717) is 11.5 Å². The summed E-state index contributed by atoms with van der Waals surface area (Å²) in [4.78, 5) is 21.0. The van der Waals surface area contributed by atoms with E-state index < -0.39 is 0 Å². The van der Waals surface area contributed by atoms with Crippen LogP contribution in [-0.2, 0) is 0 Å². The predicted molar refractivity (Wildman–Crippen MR) is 105 cm³/mol. The van der Waals surface area contributed by atoms with Gasteiger partial charge in [-0.3, -0.25) is 4.79 Å². The number of nitrogens with one attached hydrogen (secondary N) is 2. The molecule has 1 heterocycles. The lowest BCUT2D eigenvalue weighted by molar-refractivity contribution is 0.102. The second-order valence-electron chi connectivity index (χ2n) is 6.51. The van der Waals surface area contributed by atoms with Crippen LogP contribution >= 0.6 is 0 Å². The first-order chi connectivity index (χ1) is 12.4. The van der Waals surface area contributed by atoms with Crippen molar-refractivity contribution in [3.05, 3.63) is 76.6 Å². The molecule has 132 valence electrons. The van der Waals surface area contributed by atoms with E-state index in [1.165, 1.54) is 12.4 Å². The van der Waals surface area contributed by atoms with Gasteiger partial charge in [0.05, 0.1) is 5.56 Å². The molecule has 0 atom stereocenters. The third kappa shape index (κ3) is 4.06. The first kappa shape index (κ1) is 17.6. The SMILES string of the molecule is Cc1ccc(C)c(NC(=O)c2cnc(Nc3cc(C)ccc3C)nc2)c1. The number of amides is 1. The van der Waals surface area contributed by atoms with Crippen LogP contribution < -0.4 is 10.6 Å². The largest absolute Gasteiger partial charge is 0.324 e. The van der Waals surface area contributed by atoms with E-state index in [2.05, 4.69) is 26.7 Å². The molecule has 0 radical (unpaired) electrons. The Morgan fingerprint density at radius 3 is 1.96 bits per heavy atom. The number of rotatable bonds is 4. The zero-order valence-electron chi connectivity index (χ0n) is 15.4. The first-order valence-electron chi connectivity index (χ1n) is 8.47. The summed E-state index contributed by atoms with van der Waals surface area (Å²) in [6.07, 6.45) is 3.06. The standard InChI is InChI=1S/C21H22N4O/c1-13-5-7-15(3)18(9-13)24-20(26)17-11-22-21(23-12-17)25-19-10-14(2)6-8-16(19)4/h5-12H,1-4H3,(H,24,26)(H,22,23,25). The second kappa shape index (κ2) is 7.35. The smallest absolute Gasteiger partial charge is 0.258 e. The van der Waals surface area contributed by atoms with E-state index in [-0.39, 0.29) is 5.91 Å². The number of carbonyl (C=O) groups excluding carboxylic acids is 1. The van der Waals surface area contributed by atoms with Gasteiger partial charge in [-0.25, -0.2) is 9.97 Å². The molecule has 0 spiro atoms. The van der Waals surface area contributed by atoms with Crippen LogP contribution in [0.4, 0.5) is 17.3 Å². The van der Waals surface area contributed by atoms with Gasteiger partial charge in [0.2, 0.25) is 5.95 Å². The van der Waals surface area contributed by atoms with Crippen molar-refractivity contribution in [1.29, 1.82) is 0 Å². The molecule has 1 aromatic heterocycles. The molecule has 0 aliphatic rings. The number of hydrogen-bond acceptors (Lipinski definition) is 4. The summed E-state index contributed by atoms with van der Waals surface area (Å²) in [5, 5.41) is 6.11. The zero-order chi connectivity index (χ0) is 18.7. The zero-order valence-corrected chi connectivity index (χ0v) is 15.4. The van der Waals surface area contributed by atoms with E-state index >= 15 is 0 Å². The maximum Gasteiger partial charge on any atom is 0.258 e. The van der Waals surface area contributed by atoms with Crippen molar-refractivity contribution in [1.82, 2.24) is 9.97 Å². The molecule has 0 saturated carbocycles. The summed E-state index contributed by atoms with van der Waals surface area (Å²) < 4.78 is 0. The minimum absolute atomic E-state index is 0.225. The summed E-state index contributed by atoms with van der Waals surface area (Å²) in [6, 6.07) is 12.1. The molecule has 3 aromatic rings. The molecule has 2 aromatic carbocycles. The van der Waals surface area contributed by atoms with Gasteiger partial charge in [0.25, 0.3) is 5.91 Å². The highest BCUT2D eigenvalue weighted by molar-refractivity contribution is 6.04. The fourth-order valence-corrected chi connectivity index (χ4v) is 2.57. The molecule has 26 heavy (non-hydrogen) atoms. The number of nitrogens with zero attached hydrogens (tertiary/aromatic N) is 2. The number of carbonyl (C=O) groups is 1. The van der Waals surface area contributed by atoms with E-state index in [4.69, 9.17) is 0 Å². The third-order valence-electron chi connectivity index (χ3n) is 4.19. The molecule has 0 aliphatic carbocycles. The minimum Gasteiger partial charge on any atom is -0.324 e. The lowest BCUT2D eigenvalue weighted by Crippen LogP contribution is -2.14. The van der Waals surface area contributed by atoms with Gasteiger partial charge >= 0.3 is 0 Å². The van der Waals surface area contributed by atoms with E-state index in [1.54, 1.807) is 0 Å². The van der Waals surface area contributed by atoms with Gasteiger partial charge in [0.1, 0.15) is 0 Å². The van der Waals surface area contributed by atoms with Gasteiger partial charge in [-0.05, 0) is 62.1 Å². The number of benzene rings is 2. The fourth-order valence-electron chi connectivity index (χ4n) is 2.57. The van der Waals surface area contributed by atoms with Gasteiger partial charge < -0.3 is 10.6 Å². The van der Waals surface area contributed by atoms with Crippen LogP contribution in [0.5, 0.6) is 0 Å². The Labute approximate surface area is 153 Å². The van der Waals surface area contributed by atoms with Gasteiger partial charge in [-0.2, -0.15) is 0 Å². The third-order valence-corrected chi connectivity index (χ3v) is 4.19. The molecule has 0 unspecified atom stereocenters. The van der Waals surface area contributed by atoms with Crippen LogP contribution in [0.3, 0.4) is 0 Å². The molecule has 0 aliphatic heterocycles. The average molecular weight is 346 g/mol. The lowest BCUT2D eigenvalue weighted by Gasteiger charge is -2.11. The van der Waals surface area contributed by atoms with Crippen molar-refractivity contribution in [3.8, 4) is 0 Å². The Bertz CT molecular complexity index is 949. The second-order valence-corrected chi connectivity index (χ2v) is 6.51. The summed E-state index contributed by atoms with van der Waals surface area (Å²) in [5.41, 5.74) is 6.54. The van der Waals surface area contributed by atoms with Crippen LogP contribution in [-0.4, -0.2) is 15.9 Å². The highest BCUT2D eigenvalue weighted by Gasteiger charge is 2.10. The average Bonchev–Trinajstić information content (AvgIpc) is 2.62. The molecule has 1 amide bonds. The predicted octanol–water partition coefficient (Wildman–Crippen LogP) is 4.71. The van der Waals surface area contributed by atoms with Gasteiger partial charge in [-0.15, -0.1) is 0 Å². The van der Waals surface area contributed by atoms with Crippen LogP contribution in [0.1, 0.15) is 32.6 Å². The molecule has 0 fully saturated rings. The van der Waals surface area contributed by atoms with Crippen molar-refractivity contribution in [2.75, 3.05) is 10.6 Å². The van der Waals surface area contributed by atoms with Crippen LogP contribution in [0, 0.1) is 27.7 Å². The molecule has 2 N–H and O–H groups in total. The lowest BCUT2D eigenvalue weighted by atomic mass is 10.1. The highest BCUT2D eigenvalue weighted by atomic mass is 16.1. The van der Waals surface area contributed by atoms with E-state index in [0.717, 1.165) is 33.6 Å². The molecular formula is C21H22N4O. The number of anilines is 3. The molecule has 0 saturated heterocycles. The molecule has 5 heteroatoms. The van der Waals surface area contributed by atoms with E-state index in [1.807, 2.05) is 58.0 Å². The fraction of sp³-hybridized carbons (Fsp3) is 0.190. The van der Waals surface area contributed by atoms with Crippen LogP contribution in [0.2, 0.25) is 0 Å². The topological polar surface area (TPSA) is 66.9 Å². The monoisotopic (exact) mass is 346 g/mol.